The number of amidine groups is 1. The maximum atomic E-state index is 12.8. The lowest BCUT2D eigenvalue weighted by molar-refractivity contribution is 0.104. The van der Waals surface area contributed by atoms with Crippen molar-refractivity contribution < 1.29 is 4.79 Å². The van der Waals surface area contributed by atoms with Crippen LogP contribution in [0.5, 0.6) is 0 Å². The van der Waals surface area contributed by atoms with Crippen LogP contribution in [0.15, 0.2) is 89.9 Å². The monoisotopic (exact) mass is 372 g/mol. The Bertz CT molecular complexity index is 1050. The van der Waals surface area contributed by atoms with Crippen LogP contribution in [0.1, 0.15) is 21.5 Å². The molecule has 3 nitrogen and oxygen atoms in total. The molecule has 3 aromatic rings. The largest absolute Gasteiger partial charge is 0.328 e. The number of allylic oxidation sites excluding steroid dienone is 1. The lowest BCUT2D eigenvalue weighted by Gasteiger charge is -2.29. The average molecular weight is 373 g/mol. The van der Waals surface area contributed by atoms with Crippen LogP contribution < -0.4 is 0 Å². The number of ketones is 1. The van der Waals surface area contributed by atoms with Crippen molar-refractivity contribution in [3.8, 4) is 0 Å². The minimum Gasteiger partial charge on any atom is -0.328 e. The molecule has 3 aromatic carbocycles. The molecule has 0 aromatic heterocycles. The lowest BCUT2D eigenvalue weighted by atomic mass is 10.0. The number of halogens is 1. The molecule has 1 aliphatic rings. The molecule has 1 heterocycles. The average Bonchev–Trinajstić information content (AvgIpc) is 2.71. The van der Waals surface area contributed by atoms with Gasteiger partial charge in [-0.25, -0.2) is 4.99 Å². The first-order valence-corrected chi connectivity index (χ1v) is 9.00. The van der Waals surface area contributed by atoms with Crippen molar-refractivity contribution in [2.24, 2.45) is 4.99 Å². The third-order valence-corrected chi connectivity index (χ3v) is 4.77. The van der Waals surface area contributed by atoms with Crippen LogP contribution >= 0.6 is 11.6 Å². The Morgan fingerprint density at radius 1 is 0.926 bits per heavy atom. The molecule has 0 saturated carbocycles. The number of para-hydroxylation sites is 1. The smallest absolute Gasteiger partial charge is 0.187 e. The molecule has 0 fully saturated rings. The van der Waals surface area contributed by atoms with Gasteiger partial charge in [-0.05, 0) is 30.3 Å². The summed E-state index contributed by atoms with van der Waals surface area (Å²) in [5.74, 6) is 0.738. The number of carbonyl (C=O) groups is 1. The van der Waals surface area contributed by atoms with Gasteiger partial charge in [0.1, 0.15) is 5.84 Å². The number of nitrogens with zero attached hydrogens (tertiary/aromatic N) is 2. The van der Waals surface area contributed by atoms with Crippen LogP contribution in [0.3, 0.4) is 0 Å². The lowest BCUT2D eigenvalue weighted by Crippen LogP contribution is -2.29. The quantitative estimate of drug-likeness (QED) is 0.443. The van der Waals surface area contributed by atoms with E-state index in [2.05, 4.69) is 0 Å². The van der Waals surface area contributed by atoms with Crippen LogP contribution in [-0.4, -0.2) is 23.6 Å². The van der Waals surface area contributed by atoms with Crippen molar-refractivity contribution >= 4 is 34.6 Å². The Morgan fingerprint density at radius 2 is 1.59 bits per heavy atom. The minimum atomic E-state index is -0.0716. The zero-order valence-electron chi connectivity index (χ0n) is 14.8. The molecular weight excluding hydrogens is 356 g/mol. The van der Waals surface area contributed by atoms with Gasteiger partial charge in [0.15, 0.2) is 5.78 Å². The van der Waals surface area contributed by atoms with Gasteiger partial charge in [0.2, 0.25) is 0 Å². The van der Waals surface area contributed by atoms with Crippen LogP contribution in [0, 0.1) is 0 Å². The summed E-state index contributed by atoms with van der Waals surface area (Å²) >= 11 is 5.93. The van der Waals surface area contributed by atoms with E-state index < -0.39 is 0 Å². The maximum absolute atomic E-state index is 12.8. The fraction of sp³-hybridized carbons (Fsp3) is 0.0435. The second-order valence-electron chi connectivity index (χ2n) is 6.28. The molecule has 4 heteroatoms. The number of hydrogen-bond acceptors (Lipinski definition) is 3. The Hall–Kier alpha value is -3.17. The first-order valence-electron chi connectivity index (χ1n) is 8.62. The summed E-state index contributed by atoms with van der Waals surface area (Å²) in [7, 11) is 1.93. The Labute approximate surface area is 163 Å². The molecule has 0 spiro atoms. The zero-order valence-corrected chi connectivity index (χ0v) is 15.5. The van der Waals surface area contributed by atoms with Crippen molar-refractivity contribution in [2.75, 3.05) is 7.05 Å². The SMILES string of the molecule is CN1C(c2ccccc2)=Nc2ccccc2/C1=C/C(=O)c1ccc(Cl)cc1. The Balaban J connectivity index is 1.81. The number of aliphatic imine (C=N–C) groups is 1. The number of rotatable bonds is 3. The fourth-order valence-electron chi connectivity index (χ4n) is 3.11. The molecule has 4 rings (SSSR count). The van der Waals surface area contributed by atoms with Crippen molar-refractivity contribution in [3.63, 3.8) is 0 Å². The molecule has 0 atom stereocenters. The summed E-state index contributed by atoms with van der Waals surface area (Å²) in [6.07, 6.45) is 1.67. The highest BCUT2D eigenvalue weighted by atomic mass is 35.5. The normalized spacial score (nSPS) is 14.7. The van der Waals surface area contributed by atoms with E-state index in [0.717, 1.165) is 28.3 Å². The van der Waals surface area contributed by atoms with E-state index in [-0.39, 0.29) is 5.78 Å². The third kappa shape index (κ3) is 3.42. The highest BCUT2D eigenvalue weighted by Crippen LogP contribution is 2.34. The Morgan fingerprint density at radius 3 is 2.33 bits per heavy atom. The molecule has 0 bridgehead atoms. The molecule has 27 heavy (non-hydrogen) atoms. The van der Waals surface area contributed by atoms with Gasteiger partial charge in [0.25, 0.3) is 0 Å². The molecular formula is C23H17ClN2O. The van der Waals surface area contributed by atoms with E-state index >= 15 is 0 Å². The van der Waals surface area contributed by atoms with Crippen LogP contribution in [0.25, 0.3) is 5.70 Å². The highest BCUT2D eigenvalue weighted by molar-refractivity contribution is 6.30. The summed E-state index contributed by atoms with van der Waals surface area (Å²) in [6, 6.07) is 24.8. The maximum Gasteiger partial charge on any atom is 0.187 e. The number of benzene rings is 3. The Kier molecular flexibility index (Phi) is 4.61. The van der Waals surface area contributed by atoms with E-state index in [4.69, 9.17) is 16.6 Å². The topological polar surface area (TPSA) is 32.7 Å². The number of hydrogen-bond donors (Lipinski definition) is 0. The van der Waals surface area contributed by atoms with Gasteiger partial charge in [-0.3, -0.25) is 4.79 Å². The second kappa shape index (κ2) is 7.22. The van der Waals surface area contributed by atoms with Gasteiger partial charge >= 0.3 is 0 Å². The molecule has 1 aliphatic heterocycles. The standard InChI is InChI=1S/C23H17ClN2O/c1-26-21(15-22(27)16-11-13-18(24)14-12-16)19-9-5-6-10-20(19)25-23(26)17-7-3-2-4-8-17/h2-15H,1H3/b21-15-. The summed E-state index contributed by atoms with van der Waals surface area (Å²) in [5.41, 5.74) is 4.20. The van der Waals surface area contributed by atoms with Crippen LogP contribution in [0.2, 0.25) is 5.02 Å². The van der Waals surface area contributed by atoms with Gasteiger partial charge in [0, 0.05) is 34.8 Å². The first-order chi connectivity index (χ1) is 13.1. The van der Waals surface area contributed by atoms with E-state index in [1.54, 1.807) is 30.3 Å². The molecule has 132 valence electrons. The molecule has 0 saturated heterocycles. The highest BCUT2D eigenvalue weighted by Gasteiger charge is 2.23. The second-order valence-corrected chi connectivity index (χ2v) is 6.71. The number of carbonyl (C=O) groups excluding carboxylic acids is 1. The van der Waals surface area contributed by atoms with Crippen LogP contribution in [0.4, 0.5) is 5.69 Å². The number of fused-ring (bicyclic) bond motifs is 1. The van der Waals surface area contributed by atoms with E-state index in [1.165, 1.54) is 0 Å². The summed E-state index contributed by atoms with van der Waals surface area (Å²) in [4.78, 5) is 19.6. The van der Waals surface area contributed by atoms with Gasteiger partial charge in [-0.15, -0.1) is 0 Å². The van der Waals surface area contributed by atoms with Gasteiger partial charge in [-0.2, -0.15) is 0 Å². The van der Waals surface area contributed by atoms with E-state index in [0.29, 0.717) is 10.6 Å². The fourth-order valence-corrected chi connectivity index (χ4v) is 3.24. The molecule has 0 aliphatic carbocycles. The van der Waals surface area contributed by atoms with Crippen molar-refractivity contribution in [1.29, 1.82) is 0 Å². The van der Waals surface area contributed by atoms with E-state index in [9.17, 15) is 4.79 Å². The van der Waals surface area contributed by atoms with Crippen LogP contribution in [-0.2, 0) is 0 Å². The predicted octanol–water partition coefficient (Wildman–Crippen LogP) is 5.59. The van der Waals surface area contributed by atoms with Gasteiger partial charge in [-0.1, -0.05) is 60.1 Å². The zero-order chi connectivity index (χ0) is 18.8. The molecule has 0 unspecified atom stereocenters. The summed E-state index contributed by atoms with van der Waals surface area (Å²) in [5, 5.41) is 0.609. The first kappa shape index (κ1) is 17.3. The van der Waals surface area contributed by atoms with Crippen molar-refractivity contribution in [2.45, 2.75) is 0 Å². The molecule has 0 N–H and O–H groups in total. The van der Waals surface area contributed by atoms with Gasteiger partial charge < -0.3 is 4.90 Å². The molecule has 0 amide bonds. The minimum absolute atomic E-state index is 0.0716. The van der Waals surface area contributed by atoms with E-state index in [1.807, 2.05) is 66.5 Å². The van der Waals surface area contributed by atoms with Crippen molar-refractivity contribution in [1.82, 2.24) is 4.90 Å². The summed E-state index contributed by atoms with van der Waals surface area (Å²) < 4.78 is 0. The third-order valence-electron chi connectivity index (χ3n) is 4.51. The molecule has 0 radical (unpaired) electrons. The van der Waals surface area contributed by atoms with Crippen molar-refractivity contribution in [3.05, 3.63) is 107 Å². The predicted molar refractivity (Wildman–Crippen MR) is 111 cm³/mol. The summed E-state index contributed by atoms with van der Waals surface area (Å²) in [6.45, 7) is 0. The van der Waals surface area contributed by atoms with Gasteiger partial charge in [0.05, 0.1) is 11.4 Å².